The van der Waals surface area contributed by atoms with Crippen LogP contribution in [-0.2, 0) is 0 Å². The van der Waals surface area contributed by atoms with E-state index in [4.69, 9.17) is 5.73 Å². The maximum Gasteiger partial charge on any atom is 0.0331 e. The Morgan fingerprint density at radius 3 is 2.64 bits per heavy atom. The second-order valence-corrected chi connectivity index (χ2v) is 5.14. The summed E-state index contributed by atoms with van der Waals surface area (Å²) in [7, 11) is 0. The Balaban J connectivity index is 1.95. The van der Waals surface area contributed by atoms with Gasteiger partial charge in [0.25, 0.3) is 0 Å². The third-order valence-electron chi connectivity index (χ3n) is 4.43. The molecule has 1 saturated heterocycles. The number of nitrogens with zero attached hydrogens (tertiary/aromatic N) is 1. The zero-order chi connectivity index (χ0) is 10.0. The molecule has 0 spiro atoms. The lowest BCUT2D eigenvalue weighted by Crippen LogP contribution is -2.60. The van der Waals surface area contributed by atoms with Crippen LogP contribution in [-0.4, -0.2) is 30.1 Å². The molecule has 1 atom stereocenters. The van der Waals surface area contributed by atoms with Crippen molar-refractivity contribution in [2.24, 2.45) is 11.7 Å². The number of piperidine rings is 1. The molecular weight excluding hydrogens is 172 g/mol. The summed E-state index contributed by atoms with van der Waals surface area (Å²) in [5.74, 6) is 0.938. The van der Waals surface area contributed by atoms with Gasteiger partial charge in [0.15, 0.2) is 0 Å². The first-order valence-electron chi connectivity index (χ1n) is 6.26. The van der Waals surface area contributed by atoms with Crippen molar-refractivity contribution in [1.82, 2.24) is 4.90 Å². The second kappa shape index (κ2) is 4.19. The highest BCUT2D eigenvalue weighted by Crippen LogP contribution is 2.39. The van der Waals surface area contributed by atoms with Gasteiger partial charge in [0, 0.05) is 18.6 Å². The van der Waals surface area contributed by atoms with Crippen molar-refractivity contribution in [1.29, 1.82) is 0 Å². The lowest BCUT2D eigenvalue weighted by Gasteiger charge is -2.52. The zero-order valence-corrected chi connectivity index (χ0v) is 9.47. The van der Waals surface area contributed by atoms with Crippen LogP contribution in [0.4, 0.5) is 0 Å². The quantitative estimate of drug-likeness (QED) is 0.748. The van der Waals surface area contributed by atoms with Gasteiger partial charge in [0.2, 0.25) is 0 Å². The van der Waals surface area contributed by atoms with Crippen LogP contribution in [0, 0.1) is 5.92 Å². The summed E-state index contributed by atoms with van der Waals surface area (Å²) in [6.45, 7) is 5.81. The molecule has 2 N–H and O–H groups in total. The van der Waals surface area contributed by atoms with E-state index >= 15 is 0 Å². The maximum absolute atomic E-state index is 5.94. The Kier molecular flexibility index (Phi) is 3.13. The molecule has 2 fully saturated rings. The van der Waals surface area contributed by atoms with Crippen LogP contribution in [0.5, 0.6) is 0 Å². The fourth-order valence-corrected chi connectivity index (χ4v) is 3.06. The van der Waals surface area contributed by atoms with Gasteiger partial charge in [-0.2, -0.15) is 0 Å². The van der Waals surface area contributed by atoms with Gasteiger partial charge >= 0.3 is 0 Å². The van der Waals surface area contributed by atoms with E-state index in [1.54, 1.807) is 0 Å². The van der Waals surface area contributed by atoms with Crippen LogP contribution in [0.2, 0.25) is 0 Å². The summed E-state index contributed by atoms with van der Waals surface area (Å²) in [6.07, 6.45) is 8.26. The van der Waals surface area contributed by atoms with Crippen LogP contribution in [0.15, 0.2) is 0 Å². The molecule has 1 aliphatic carbocycles. The Hall–Kier alpha value is -0.0800. The fourth-order valence-electron chi connectivity index (χ4n) is 3.06. The number of hydrogen-bond acceptors (Lipinski definition) is 2. The molecule has 0 aromatic carbocycles. The Labute approximate surface area is 87.8 Å². The highest BCUT2D eigenvalue weighted by atomic mass is 15.2. The van der Waals surface area contributed by atoms with Crippen LogP contribution in [0.1, 0.15) is 45.4 Å². The number of nitrogens with two attached hydrogens (primary N) is 1. The normalized spacial score (nSPS) is 32.6. The van der Waals surface area contributed by atoms with Gasteiger partial charge in [-0.15, -0.1) is 0 Å². The van der Waals surface area contributed by atoms with Gasteiger partial charge in [0.1, 0.15) is 0 Å². The number of rotatable bonds is 3. The van der Waals surface area contributed by atoms with E-state index in [-0.39, 0.29) is 0 Å². The Bertz CT molecular complexity index is 181. The lowest BCUT2D eigenvalue weighted by atomic mass is 9.74. The molecule has 0 aromatic heterocycles. The predicted octanol–water partition coefficient (Wildman–Crippen LogP) is 1.99. The van der Waals surface area contributed by atoms with Crippen molar-refractivity contribution in [3.63, 3.8) is 0 Å². The molecule has 1 saturated carbocycles. The Morgan fingerprint density at radius 2 is 2.14 bits per heavy atom. The second-order valence-electron chi connectivity index (χ2n) is 5.14. The van der Waals surface area contributed by atoms with Crippen LogP contribution in [0.25, 0.3) is 0 Å². The van der Waals surface area contributed by atoms with Gasteiger partial charge in [-0.1, -0.05) is 13.3 Å². The van der Waals surface area contributed by atoms with Crippen LogP contribution in [0.3, 0.4) is 0 Å². The molecule has 2 rings (SSSR count). The minimum Gasteiger partial charge on any atom is -0.329 e. The van der Waals surface area contributed by atoms with Gasteiger partial charge in [0.05, 0.1) is 0 Å². The van der Waals surface area contributed by atoms with E-state index in [2.05, 4.69) is 11.8 Å². The minimum absolute atomic E-state index is 0.424. The zero-order valence-electron chi connectivity index (χ0n) is 9.47. The van der Waals surface area contributed by atoms with Gasteiger partial charge in [-0.3, -0.25) is 4.90 Å². The first kappa shape index (κ1) is 10.4. The average molecular weight is 196 g/mol. The molecule has 2 heteroatoms. The highest BCUT2D eigenvalue weighted by molar-refractivity contribution is 5.00. The summed E-state index contributed by atoms with van der Waals surface area (Å²) >= 11 is 0. The van der Waals surface area contributed by atoms with E-state index in [1.165, 1.54) is 51.6 Å². The summed E-state index contributed by atoms with van der Waals surface area (Å²) in [5, 5.41) is 0. The smallest absolute Gasteiger partial charge is 0.0331 e. The molecule has 2 nitrogen and oxygen atoms in total. The van der Waals surface area contributed by atoms with Gasteiger partial charge in [-0.05, 0) is 44.6 Å². The third-order valence-corrected chi connectivity index (χ3v) is 4.43. The SMILES string of the molecule is CCC1CCCN(C2(CN)CCC2)C1. The molecule has 14 heavy (non-hydrogen) atoms. The summed E-state index contributed by atoms with van der Waals surface area (Å²) in [6, 6.07) is 0. The molecule has 82 valence electrons. The van der Waals surface area contributed by atoms with E-state index in [0.717, 1.165) is 12.5 Å². The van der Waals surface area contributed by atoms with Crippen molar-refractivity contribution in [2.45, 2.75) is 51.0 Å². The number of hydrogen-bond donors (Lipinski definition) is 1. The van der Waals surface area contributed by atoms with Crippen molar-refractivity contribution < 1.29 is 0 Å². The van der Waals surface area contributed by atoms with E-state index < -0.39 is 0 Å². The largest absolute Gasteiger partial charge is 0.329 e. The molecule has 0 bridgehead atoms. The standard InChI is InChI=1S/C12H24N2/c1-2-11-5-3-8-14(9-11)12(10-13)6-4-7-12/h11H,2-10,13H2,1H3. The number of likely N-dealkylation sites (tertiary alicyclic amines) is 1. The summed E-state index contributed by atoms with van der Waals surface area (Å²) in [5.41, 5.74) is 6.37. The van der Waals surface area contributed by atoms with E-state index in [1.807, 2.05) is 0 Å². The minimum atomic E-state index is 0.424. The molecule has 0 amide bonds. The van der Waals surface area contributed by atoms with Gasteiger partial charge in [-0.25, -0.2) is 0 Å². The molecule has 0 aromatic rings. The molecule has 1 unspecified atom stereocenters. The van der Waals surface area contributed by atoms with Crippen molar-refractivity contribution in [2.75, 3.05) is 19.6 Å². The average Bonchev–Trinajstić information content (AvgIpc) is 2.18. The molecule has 1 heterocycles. The first-order valence-corrected chi connectivity index (χ1v) is 6.26. The summed E-state index contributed by atoms with van der Waals surface area (Å²) in [4.78, 5) is 2.70. The predicted molar refractivity (Wildman–Crippen MR) is 60.2 cm³/mol. The molecule has 1 aliphatic heterocycles. The van der Waals surface area contributed by atoms with Crippen molar-refractivity contribution in [3.8, 4) is 0 Å². The monoisotopic (exact) mass is 196 g/mol. The van der Waals surface area contributed by atoms with Crippen molar-refractivity contribution in [3.05, 3.63) is 0 Å². The lowest BCUT2D eigenvalue weighted by molar-refractivity contribution is -0.00811. The molecule has 2 aliphatic rings. The molecule has 0 radical (unpaired) electrons. The first-order chi connectivity index (χ1) is 6.80. The topological polar surface area (TPSA) is 29.3 Å². The molecular formula is C12H24N2. The van der Waals surface area contributed by atoms with Crippen molar-refractivity contribution >= 4 is 0 Å². The van der Waals surface area contributed by atoms with E-state index in [0.29, 0.717) is 5.54 Å². The van der Waals surface area contributed by atoms with E-state index in [9.17, 15) is 0 Å². The van der Waals surface area contributed by atoms with Crippen LogP contribution < -0.4 is 5.73 Å². The maximum atomic E-state index is 5.94. The third kappa shape index (κ3) is 1.70. The fraction of sp³-hybridized carbons (Fsp3) is 1.00. The highest BCUT2D eigenvalue weighted by Gasteiger charge is 2.42. The van der Waals surface area contributed by atoms with Gasteiger partial charge < -0.3 is 5.73 Å². The Morgan fingerprint density at radius 1 is 1.36 bits per heavy atom. The summed E-state index contributed by atoms with van der Waals surface area (Å²) < 4.78 is 0. The van der Waals surface area contributed by atoms with Crippen LogP contribution >= 0.6 is 0 Å².